The normalized spacial score (nSPS) is 19.1. The first-order valence-corrected chi connectivity index (χ1v) is 8.20. The summed E-state index contributed by atoms with van der Waals surface area (Å²) in [6.07, 6.45) is 1.68. The zero-order valence-corrected chi connectivity index (χ0v) is 13.4. The SMILES string of the molecule is CCOC1(CNC(C(=O)OC)c2ccsc2)CCOCC1. The van der Waals surface area contributed by atoms with Gasteiger partial charge in [-0.2, -0.15) is 11.3 Å². The maximum Gasteiger partial charge on any atom is 0.327 e. The Balaban J connectivity index is 2.04. The fraction of sp³-hybridized carbons (Fsp3) is 0.667. The van der Waals surface area contributed by atoms with Crippen molar-refractivity contribution in [3.8, 4) is 0 Å². The highest BCUT2D eigenvalue weighted by atomic mass is 32.1. The Bertz CT molecular complexity index is 423. The van der Waals surface area contributed by atoms with E-state index in [1.165, 1.54) is 7.11 Å². The lowest BCUT2D eigenvalue weighted by Gasteiger charge is -2.38. The lowest BCUT2D eigenvalue weighted by atomic mass is 9.93. The number of thiophene rings is 1. The summed E-state index contributed by atoms with van der Waals surface area (Å²) >= 11 is 1.57. The van der Waals surface area contributed by atoms with Crippen LogP contribution >= 0.6 is 11.3 Å². The lowest BCUT2D eigenvalue weighted by Crippen LogP contribution is -2.49. The molecule has 1 N–H and O–H groups in total. The molecule has 1 aliphatic heterocycles. The molecule has 1 aliphatic rings. The van der Waals surface area contributed by atoms with Gasteiger partial charge in [0.2, 0.25) is 0 Å². The molecule has 0 bridgehead atoms. The molecule has 118 valence electrons. The van der Waals surface area contributed by atoms with E-state index in [0.717, 1.165) is 18.4 Å². The van der Waals surface area contributed by atoms with Crippen molar-refractivity contribution in [2.45, 2.75) is 31.4 Å². The van der Waals surface area contributed by atoms with Crippen LogP contribution in [0.15, 0.2) is 16.8 Å². The lowest BCUT2D eigenvalue weighted by molar-refractivity contribution is -0.144. The van der Waals surface area contributed by atoms with Gasteiger partial charge >= 0.3 is 5.97 Å². The fourth-order valence-electron chi connectivity index (χ4n) is 2.60. The number of ether oxygens (including phenoxy) is 3. The van der Waals surface area contributed by atoms with Crippen LogP contribution in [-0.4, -0.2) is 45.0 Å². The number of methoxy groups -OCH3 is 1. The first-order chi connectivity index (χ1) is 10.2. The van der Waals surface area contributed by atoms with Gasteiger partial charge in [0.25, 0.3) is 0 Å². The van der Waals surface area contributed by atoms with Gasteiger partial charge in [-0.05, 0) is 29.3 Å². The Morgan fingerprint density at radius 1 is 1.52 bits per heavy atom. The van der Waals surface area contributed by atoms with Crippen LogP contribution in [0.5, 0.6) is 0 Å². The highest BCUT2D eigenvalue weighted by Crippen LogP contribution is 2.26. The van der Waals surface area contributed by atoms with Crippen LogP contribution < -0.4 is 5.32 Å². The molecule has 0 aliphatic carbocycles. The summed E-state index contributed by atoms with van der Waals surface area (Å²) in [5.41, 5.74) is 0.681. The molecule has 6 heteroatoms. The van der Waals surface area contributed by atoms with Crippen molar-refractivity contribution in [2.75, 3.05) is 33.5 Å². The molecule has 1 saturated heterocycles. The van der Waals surface area contributed by atoms with Gasteiger partial charge in [0.1, 0.15) is 6.04 Å². The van der Waals surface area contributed by atoms with E-state index in [4.69, 9.17) is 14.2 Å². The second-order valence-electron chi connectivity index (χ2n) is 5.12. The topological polar surface area (TPSA) is 56.8 Å². The molecular weight excluding hydrogens is 290 g/mol. The Labute approximate surface area is 129 Å². The quantitative estimate of drug-likeness (QED) is 0.782. The monoisotopic (exact) mass is 313 g/mol. The van der Waals surface area contributed by atoms with Crippen molar-refractivity contribution < 1.29 is 19.0 Å². The van der Waals surface area contributed by atoms with E-state index < -0.39 is 6.04 Å². The van der Waals surface area contributed by atoms with Crippen LogP contribution in [-0.2, 0) is 19.0 Å². The van der Waals surface area contributed by atoms with Crippen molar-refractivity contribution in [1.82, 2.24) is 5.32 Å². The zero-order valence-electron chi connectivity index (χ0n) is 12.6. The summed E-state index contributed by atoms with van der Waals surface area (Å²) < 4.78 is 16.3. The maximum atomic E-state index is 12.0. The van der Waals surface area contributed by atoms with E-state index >= 15 is 0 Å². The number of nitrogens with one attached hydrogen (secondary N) is 1. The Hall–Kier alpha value is -0.950. The minimum atomic E-state index is -0.443. The molecule has 1 atom stereocenters. The molecule has 2 rings (SSSR count). The van der Waals surface area contributed by atoms with Crippen molar-refractivity contribution >= 4 is 17.3 Å². The van der Waals surface area contributed by atoms with Gasteiger partial charge in [-0.25, -0.2) is 4.79 Å². The summed E-state index contributed by atoms with van der Waals surface area (Å²) in [6.45, 7) is 4.66. The highest BCUT2D eigenvalue weighted by molar-refractivity contribution is 7.08. The predicted octanol–water partition coefficient (Wildman–Crippen LogP) is 2.14. The van der Waals surface area contributed by atoms with E-state index in [-0.39, 0.29) is 11.6 Å². The molecule has 1 fully saturated rings. The molecule has 21 heavy (non-hydrogen) atoms. The third-order valence-corrected chi connectivity index (χ3v) is 4.50. The standard InChI is InChI=1S/C15H23NO4S/c1-3-20-15(5-7-19-8-6-15)11-16-13(14(17)18-2)12-4-9-21-10-12/h4,9-10,13,16H,3,5-8,11H2,1-2H3. The van der Waals surface area contributed by atoms with Crippen LogP contribution in [0.3, 0.4) is 0 Å². The largest absolute Gasteiger partial charge is 0.468 e. The first-order valence-electron chi connectivity index (χ1n) is 7.26. The Kier molecular flexibility index (Phi) is 6.17. The van der Waals surface area contributed by atoms with Gasteiger partial charge in [0.15, 0.2) is 0 Å². The van der Waals surface area contributed by atoms with Crippen molar-refractivity contribution in [3.63, 3.8) is 0 Å². The number of hydrogen-bond donors (Lipinski definition) is 1. The van der Waals surface area contributed by atoms with Gasteiger partial charge in [-0.1, -0.05) is 0 Å². The summed E-state index contributed by atoms with van der Waals surface area (Å²) in [4.78, 5) is 12.0. The smallest absolute Gasteiger partial charge is 0.327 e. The third kappa shape index (κ3) is 4.26. The molecule has 0 amide bonds. The average molecular weight is 313 g/mol. The van der Waals surface area contributed by atoms with E-state index in [0.29, 0.717) is 26.4 Å². The van der Waals surface area contributed by atoms with Crippen LogP contribution in [0.2, 0.25) is 0 Å². The first kappa shape index (κ1) is 16.4. The molecule has 0 saturated carbocycles. The summed E-state index contributed by atoms with van der Waals surface area (Å²) in [6, 6.07) is 1.50. The van der Waals surface area contributed by atoms with Crippen LogP contribution in [0.4, 0.5) is 0 Å². The minimum Gasteiger partial charge on any atom is -0.468 e. The van der Waals surface area contributed by atoms with Crippen LogP contribution in [0.25, 0.3) is 0 Å². The molecule has 0 radical (unpaired) electrons. The summed E-state index contributed by atoms with van der Waals surface area (Å²) in [5, 5.41) is 7.24. The van der Waals surface area contributed by atoms with Crippen LogP contribution in [0, 0.1) is 0 Å². The average Bonchev–Trinajstić information content (AvgIpc) is 3.02. The zero-order chi connectivity index (χ0) is 15.1. The summed E-state index contributed by atoms with van der Waals surface area (Å²) in [7, 11) is 1.41. The highest BCUT2D eigenvalue weighted by Gasteiger charge is 2.35. The van der Waals surface area contributed by atoms with Crippen LogP contribution in [0.1, 0.15) is 31.4 Å². The van der Waals surface area contributed by atoms with E-state index in [2.05, 4.69) is 5.32 Å². The molecular formula is C15H23NO4S. The Morgan fingerprint density at radius 2 is 2.29 bits per heavy atom. The van der Waals surface area contributed by atoms with Gasteiger partial charge in [-0.3, -0.25) is 5.32 Å². The number of esters is 1. The van der Waals surface area contributed by atoms with E-state index in [1.807, 2.05) is 23.8 Å². The fourth-order valence-corrected chi connectivity index (χ4v) is 3.29. The number of rotatable bonds is 7. The van der Waals surface area contributed by atoms with E-state index in [9.17, 15) is 4.79 Å². The third-order valence-electron chi connectivity index (χ3n) is 3.80. The molecule has 2 heterocycles. The molecule has 1 unspecified atom stereocenters. The molecule has 0 spiro atoms. The minimum absolute atomic E-state index is 0.255. The second-order valence-corrected chi connectivity index (χ2v) is 5.90. The van der Waals surface area contributed by atoms with Gasteiger partial charge in [0.05, 0.1) is 12.7 Å². The van der Waals surface area contributed by atoms with E-state index in [1.54, 1.807) is 11.3 Å². The van der Waals surface area contributed by atoms with Gasteiger partial charge in [-0.15, -0.1) is 0 Å². The van der Waals surface area contributed by atoms with Crippen molar-refractivity contribution in [2.24, 2.45) is 0 Å². The van der Waals surface area contributed by atoms with Gasteiger partial charge in [0, 0.05) is 39.2 Å². The predicted molar refractivity (Wildman–Crippen MR) is 81.5 cm³/mol. The van der Waals surface area contributed by atoms with Gasteiger partial charge < -0.3 is 14.2 Å². The molecule has 1 aromatic heterocycles. The molecule has 1 aromatic rings. The summed E-state index contributed by atoms with van der Waals surface area (Å²) in [5.74, 6) is -0.271. The van der Waals surface area contributed by atoms with Crippen molar-refractivity contribution in [3.05, 3.63) is 22.4 Å². The molecule has 0 aromatic carbocycles. The molecule has 5 nitrogen and oxygen atoms in total. The second kappa shape index (κ2) is 7.89. The maximum absolute atomic E-state index is 12.0. The number of carbonyl (C=O) groups excluding carboxylic acids is 1. The van der Waals surface area contributed by atoms with Crippen molar-refractivity contribution in [1.29, 1.82) is 0 Å². The number of hydrogen-bond acceptors (Lipinski definition) is 6. The Morgan fingerprint density at radius 3 is 2.86 bits per heavy atom. The number of carbonyl (C=O) groups is 1.